The van der Waals surface area contributed by atoms with E-state index in [-0.39, 0.29) is 18.1 Å². The molecule has 7 heteroatoms. The Morgan fingerprint density at radius 2 is 2.00 bits per heavy atom. The number of fused-ring (bicyclic) bond motifs is 1. The molecule has 1 atom stereocenters. The van der Waals surface area contributed by atoms with Crippen LogP contribution in [0, 0.1) is 0 Å². The highest BCUT2D eigenvalue weighted by atomic mass is 16.6. The van der Waals surface area contributed by atoms with Crippen LogP contribution in [0.15, 0.2) is 42.6 Å². The lowest BCUT2D eigenvalue weighted by Crippen LogP contribution is -2.46. The van der Waals surface area contributed by atoms with Gasteiger partial charge >= 0.3 is 0 Å². The van der Waals surface area contributed by atoms with Crippen LogP contribution in [0.2, 0.25) is 0 Å². The van der Waals surface area contributed by atoms with E-state index in [4.69, 9.17) is 9.47 Å². The summed E-state index contributed by atoms with van der Waals surface area (Å²) >= 11 is 0. The number of ether oxygens (including phenoxy) is 2. The summed E-state index contributed by atoms with van der Waals surface area (Å²) in [5, 5.41) is 5.99. The Kier molecular flexibility index (Phi) is 6.27. The van der Waals surface area contributed by atoms with Crippen molar-refractivity contribution >= 4 is 5.91 Å². The van der Waals surface area contributed by atoms with Crippen LogP contribution in [-0.2, 0) is 11.3 Å². The number of hydrogen-bond acceptors (Lipinski definition) is 6. The van der Waals surface area contributed by atoms with Gasteiger partial charge in [0.15, 0.2) is 11.9 Å². The average molecular weight is 396 g/mol. The van der Waals surface area contributed by atoms with Gasteiger partial charge in [-0.1, -0.05) is 24.3 Å². The van der Waals surface area contributed by atoms with E-state index in [9.17, 15) is 4.79 Å². The maximum atomic E-state index is 11.7. The topological polar surface area (TPSA) is 75.7 Å². The number of amides is 1. The van der Waals surface area contributed by atoms with Crippen molar-refractivity contribution in [3.8, 4) is 11.6 Å². The van der Waals surface area contributed by atoms with Crippen molar-refractivity contribution in [3.63, 3.8) is 0 Å². The second kappa shape index (κ2) is 9.24. The fourth-order valence-electron chi connectivity index (χ4n) is 3.84. The Hall–Kier alpha value is -2.64. The second-order valence-corrected chi connectivity index (χ2v) is 7.61. The van der Waals surface area contributed by atoms with Crippen LogP contribution in [0.4, 0.5) is 0 Å². The van der Waals surface area contributed by atoms with Crippen LogP contribution in [0.3, 0.4) is 0 Å². The van der Waals surface area contributed by atoms with Gasteiger partial charge < -0.3 is 20.1 Å². The van der Waals surface area contributed by atoms with Gasteiger partial charge in [-0.15, -0.1) is 0 Å². The van der Waals surface area contributed by atoms with Gasteiger partial charge in [0.2, 0.25) is 5.91 Å². The number of piperidine rings is 1. The number of likely N-dealkylation sites (tertiary alicyclic amines) is 1. The van der Waals surface area contributed by atoms with E-state index in [0.717, 1.165) is 38.0 Å². The first-order valence-electron chi connectivity index (χ1n) is 10.2. The standard InChI is InChI=1S/C22H28N4O3/c1-23-13-21(27)25-18-8-11-26(12-9-18)14-16-4-6-17(7-5-16)20-15-28-19-3-2-10-24-22(19)29-20/h2-7,10,18,20,23H,8-9,11-15H2,1H3,(H,25,27). The summed E-state index contributed by atoms with van der Waals surface area (Å²) in [4.78, 5) is 18.4. The Morgan fingerprint density at radius 3 is 2.76 bits per heavy atom. The molecule has 1 aromatic carbocycles. The largest absolute Gasteiger partial charge is 0.484 e. The number of aromatic nitrogens is 1. The van der Waals surface area contributed by atoms with Crippen LogP contribution in [0.25, 0.3) is 0 Å². The fourth-order valence-corrected chi connectivity index (χ4v) is 3.84. The number of likely N-dealkylation sites (N-methyl/N-ethyl adjacent to an activating group) is 1. The van der Waals surface area contributed by atoms with Gasteiger partial charge in [0.1, 0.15) is 6.61 Å². The fraction of sp³-hybridized carbons (Fsp3) is 0.455. The summed E-state index contributed by atoms with van der Waals surface area (Å²) in [6.45, 7) is 3.78. The third kappa shape index (κ3) is 5.05. The van der Waals surface area contributed by atoms with Crippen LogP contribution in [0.1, 0.15) is 30.1 Å². The Labute approximate surface area is 171 Å². The Morgan fingerprint density at radius 1 is 1.21 bits per heavy atom. The molecule has 154 valence electrons. The quantitative estimate of drug-likeness (QED) is 0.777. The highest BCUT2D eigenvalue weighted by Crippen LogP contribution is 2.34. The molecule has 1 fully saturated rings. The third-order valence-corrected chi connectivity index (χ3v) is 5.43. The van der Waals surface area contributed by atoms with Gasteiger partial charge in [-0.3, -0.25) is 9.69 Å². The highest BCUT2D eigenvalue weighted by molar-refractivity contribution is 5.78. The monoisotopic (exact) mass is 396 g/mol. The maximum absolute atomic E-state index is 11.7. The minimum atomic E-state index is -0.136. The number of pyridine rings is 1. The lowest BCUT2D eigenvalue weighted by atomic mass is 10.0. The average Bonchev–Trinajstić information content (AvgIpc) is 2.75. The molecule has 2 aromatic rings. The molecule has 2 aliphatic rings. The summed E-state index contributed by atoms with van der Waals surface area (Å²) in [6, 6.07) is 12.5. The van der Waals surface area contributed by atoms with Gasteiger partial charge in [-0.05, 0) is 43.1 Å². The van der Waals surface area contributed by atoms with Gasteiger partial charge in [-0.25, -0.2) is 4.98 Å². The number of benzene rings is 1. The van der Waals surface area contributed by atoms with Crippen molar-refractivity contribution < 1.29 is 14.3 Å². The van der Waals surface area contributed by atoms with E-state index in [1.165, 1.54) is 5.56 Å². The first-order chi connectivity index (χ1) is 14.2. The minimum absolute atomic E-state index is 0.0771. The SMILES string of the molecule is CNCC(=O)NC1CCN(Cc2ccc(C3COc4cccnc4O3)cc2)CC1. The van der Waals surface area contributed by atoms with Gasteiger partial charge in [0.25, 0.3) is 5.88 Å². The molecule has 1 unspecified atom stereocenters. The summed E-state index contributed by atoms with van der Waals surface area (Å²) < 4.78 is 11.7. The molecule has 0 bridgehead atoms. The van der Waals surface area contributed by atoms with Crippen LogP contribution >= 0.6 is 0 Å². The summed E-state index contributed by atoms with van der Waals surface area (Å²) in [6.07, 6.45) is 3.56. The predicted molar refractivity (Wildman–Crippen MR) is 110 cm³/mol. The molecular weight excluding hydrogens is 368 g/mol. The van der Waals surface area contributed by atoms with E-state index in [0.29, 0.717) is 24.8 Å². The molecule has 0 aliphatic carbocycles. The van der Waals surface area contributed by atoms with Crippen molar-refractivity contribution in [2.24, 2.45) is 0 Å². The molecular formula is C22H28N4O3. The highest BCUT2D eigenvalue weighted by Gasteiger charge is 2.24. The first-order valence-corrected chi connectivity index (χ1v) is 10.2. The van der Waals surface area contributed by atoms with Crippen molar-refractivity contribution in [2.75, 3.05) is 33.3 Å². The van der Waals surface area contributed by atoms with E-state index >= 15 is 0 Å². The number of nitrogens with zero attached hydrogens (tertiary/aromatic N) is 2. The Bertz CT molecular complexity index is 819. The van der Waals surface area contributed by atoms with Gasteiger partial charge in [0.05, 0.1) is 6.54 Å². The second-order valence-electron chi connectivity index (χ2n) is 7.61. The molecule has 0 spiro atoms. The van der Waals surface area contributed by atoms with E-state index in [1.54, 1.807) is 13.2 Å². The first kappa shape index (κ1) is 19.7. The molecule has 1 aromatic heterocycles. The zero-order valence-electron chi connectivity index (χ0n) is 16.8. The number of carbonyl (C=O) groups is 1. The molecule has 0 saturated carbocycles. The van der Waals surface area contributed by atoms with Crippen molar-refractivity contribution in [1.29, 1.82) is 0 Å². The van der Waals surface area contributed by atoms with Crippen molar-refractivity contribution in [1.82, 2.24) is 20.5 Å². The normalized spacial score (nSPS) is 19.7. The predicted octanol–water partition coefficient (Wildman–Crippen LogP) is 1.89. The summed E-state index contributed by atoms with van der Waals surface area (Å²) in [5.74, 6) is 1.33. The molecule has 0 radical (unpaired) electrons. The van der Waals surface area contributed by atoms with Crippen molar-refractivity contribution in [3.05, 3.63) is 53.7 Å². The third-order valence-electron chi connectivity index (χ3n) is 5.43. The molecule has 2 N–H and O–H groups in total. The molecule has 1 amide bonds. The minimum Gasteiger partial charge on any atom is -0.484 e. The smallest absolute Gasteiger partial charge is 0.257 e. The van der Waals surface area contributed by atoms with E-state index in [2.05, 4.69) is 44.8 Å². The lowest BCUT2D eigenvalue weighted by Gasteiger charge is -2.32. The van der Waals surface area contributed by atoms with E-state index < -0.39 is 0 Å². The molecule has 3 heterocycles. The molecule has 4 rings (SSSR count). The number of rotatable bonds is 6. The van der Waals surface area contributed by atoms with Crippen LogP contribution in [-0.4, -0.2) is 55.1 Å². The maximum Gasteiger partial charge on any atom is 0.257 e. The van der Waals surface area contributed by atoms with Crippen LogP contribution in [0.5, 0.6) is 11.6 Å². The molecule has 2 aliphatic heterocycles. The van der Waals surface area contributed by atoms with E-state index in [1.807, 2.05) is 12.1 Å². The lowest BCUT2D eigenvalue weighted by molar-refractivity contribution is -0.121. The summed E-state index contributed by atoms with van der Waals surface area (Å²) in [7, 11) is 1.79. The van der Waals surface area contributed by atoms with Crippen molar-refractivity contribution in [2.45, 2.75) is 31.5 Å². The molecule has 7 nitrogen and oxygen atoms in total. The van der Waals surface area contributed by atoms with Crippen LogP contribution < -0.4 is 20.1 Å². The summed E-state index contributed by atoms with van der Waals surface area (Å²) in [5.41, 5.74) is 2.37. The van der Waals surface area contributed by atoms with Gasteiger partial charge in [0, 0.05) is 31.9 Å². The zero-order valence-corrected chi connectivity index (χ0v) is 16.8. The number of carbonyl (C=O) groups excluding carboxylic acids is 1. The molecule has 1 saturated heterocycles. The Balaban J connectivity index is 1.27. The zero-order chi connectivity index (χ0) is 20.1. The molecule has 29 heavy (non-hydrogen) atoms. The number of nitrogens with one attached hydrogen (secondary N) is 2. The number of hydrogen-bond donors (Lipinski definition) is 2. The van der Waals surface area contributed by atoms with Gasteiger partial charge in [-0.2, -0.15) is 0 Å².